The van der Waals surface area contributed by atoms with Crippen molar-refractivity contribution in [1.29, 1.82) is 0 Å². The van der Waals surface area contributed by atoms with Gasteiger partial charge in [-0.3, -0.25) is 4.79 Å². The van der Waals surface area contributed by atoms with Gasteiger partial charge in [0.2, 0.25) is 0 Å². The molecule has 0 bridgehead atoms. The lowest BCUT2D eigenvalue weighted by Crippen LogP contribution is -2.13. The minimum Gasteiger partial charge on any atom is -0.360 e. The Bertz CT molecular complexity index is 799. The van der Waals surface area contributed by atoms with Crippen molar-refractivity contribution < 1.29 is 9.32 Å². The highest BCUT2D eigenvalue weighted by Gasteiger charge is 2.18. The highest BCUT2D eigenvalue weighted by Crippen LogP contribution is 2.26. The first-order chi connectivity index (χ1) is 9.56. The van der Waals surface area contributed by atoms with Gasteiger partial charge in [-0.2, -0.15) is 0 Å². The molecule has 0 aliphatic carbocycles. The zero-order valence-electron chi connectivity index (χ0n) is 11.6. The third-order valence-corrected chi connectivity index (χ3v) is 3.32. The van der Waals surface area contributed by atoms with Crippen molar-refractivity contribution in [1.82, 2.24) is 10.1 Å². The second-order valence-corrected chi connectivity index (χ2v) is 4.90. The van der Waals surface area contributed by atoms with E-state index in [-0.39, 0.29) is 5.91 Å². The largest absolute Gasteiger partial charge is 0.360 e. The van der Waals surface area contributed by atoms with Crippen molar-refractivity contribution in [3.63, 3.8) is 0 Å². The van der Waals surface area contributed by atoms with Crippen molar-refractivity contribution in [3.05, 3.63) is 46.8 Å². The lowest BCUT2D eigenvalue weighted by Gasteiger charge is -2.03. The average Bonchev–Trinajstić information content (AvgIpc) is 2.93. The Morgan fingerprint density at radius 3 is 2.80 bits per heavy atom. The topological polar surface area (TPSA) is 70.9 Å². The van der Waals surface area contributed by atoms with Crippen molar-refractivity contribution in [3.8, 4) is 0 Å². The number of hydrogen-bond acceptors (Lipinski definition) is 3. The number of anilines is 1. The molecule has 0 spiro atoms. The molecule has 0 aliphatic rings. The summed E-state index contributed by atoms with van der Waals surface area (Å²) in [6.45, 7) is 5.67. The molecule has 1 aromatic carbocycles. The van der Waals surface area contributed by atoms with Crippen LogP contribution in [-0.2, 0) is 0 Å². The molecule has 0 unspecified atom stereocenters. The van der Waals surface area contributed by atoms with E-state index < -0.39 is 0 Å². The fourth-order valence-electron chi connectivity index (χ4n) is 2.44. The van der Waals surface area contributed by atoms with Crippen LogP contribution >= 0.6 is 0 Å². The number of aryl methyl sites for hydroxylation is 3. The Morgan fingerprint density at radius 1 is 1.30 bits per heavy atom. The van der Waals surface area contributed by atoms with Crippen LogP contribution in [0.4, 0.5) is 5.82 Å². The zero-order valence-corrected chi connectivity index (χ0v) is 11.6. The number of fused-ring (bicyclic) bond motifs is 1. The molecule has 5 heteroatoms. The van der Waals surface area contributed by atoms with Gasteiger partial charge in [-0.1, -0.05) is 17.3 Å². The number of H-pyrrole nitrogens is 1. The van der Waals surface area contributed by atoms with Gasteiger partial charge in [0.05, 0.1) is 5.56 Å². The fraction of sp³-hybridized carbons (Fsp3) is 0.200. The third-order valence-electron chi connectivity index (χ3n) is 3.32. The summed E-state index contributed by atoms with van der Waals surface area (Å²) < 4.78 is 4.95. The van der Waals surface area contributed by atoms with Crippen LogP contribution < -0.4 is 5.32 Å². The molecular weight excluding hydrogens is 254 g/mol. The van der Waals surface area contributed by atoms with Gasteiger partial charge in [0.25, 0.3) is 5.91 Å². The predicted octanol–water partition coefficient (Wildman–Crippen LogP) is 3.33. The lowest BCUT2D eigenvalue weighted by atomic mass is 10.1. The van der Waals surface area contributed by atoms with Crippen molar-refractivity contribution >= 4 is 22.6 Å². The summed E-state index contributed by atoms with van der Waals surface area (Å²) in [5, 5.41) is 7.49. The number of rotatable bonds is 2. The lowest BCUT2D eigenvalue weighted by molar-refractivity contribution is 0.102. The number of nitrogens with zero attached hydrogens (tertiary/aromatic N) is 1. The van der Waals surface area contributed by atoms with Crippen LogP contribution in [0.25, 0.3) is 10.9 Å². The van der Waals surface area contributed by atoms with E-state index in [4.69, 9.17) is 4.52 Å². The summed E-state index contributed by atoms with van der Waals surface area (Å²) >= 11 is 0. The number of nitrogens with one attached hydrogen (secondary N) is 2. The van der Waals surface area contributed by atoms with Crippen molar-refractivity contribution in [2.24, 2.45) is 0 Å². The Hall–Kier alpha value is -2.56. The molecule has 0 fully saturated rings. The molecule has 0 atom stereocenters. The molecule has 0 aliphatic heterocycles. The number of hydrogen-bond donors (Lipinski definition) is 2. The maximum absolute atomic E-state index is 12.5. The second kappa shape index (κ2) is 4.52. The smallest absolute Gasteiger partial charge is 0.259 e. The number of aromatic amines is 1. The molecule has 102 valence electrons. The molecule has 2 heterocycles. The van der Waals surface area contributed by atoms with Gasteiger partial charge >= 0.3 is 0 Å². The van der Waals surface area contributed by atoms with Crippen LogP contribution in [0.3, 0.4) is 0 Å². The summed E-state index contributed by atoms with van der Waals surface area (Å²) in [6.07, 6.45) is 0. The van der Waals surface area contributed by atoms with Crippen LogP contribution in [-0.4, -0.2) is 16.0 Å². The molecule has 2 N–H and O–H groups in total. The summed E-state index contributed by atoms with van der Waals surface area (Å²) in [4.78, 5) is 15.7. The monoisotopic (exact) mass is 269 g/mol. The Kier molecular flexibility index (Phi) is 2.82. The minimum atomic E-state index is -0.184. The van der Waals surface area contributed by atoms with E-state index in [0.29, 0.717) is 17.1 Å². The fourth-order valence-corrected chi connectivity index (χ4v) is 2.44. The maximum atomic E-state index is 12.5. The normalized spacial score (nSPS) is 10.9. The summed E-state index contributed by atoms with van der Waals surface area (Å²) in [5.41, 5.74) is 3.52. The van der Waals surface area contributed by atoms with E-state index in [1.54, 1.807) is 13.0 Å². The van der Waals surface area contributed by atoms with E-state index in [1.165, 1.54) is 0 Å². The standard InChI is InChI=1S/C15H15N3O2/c1-8-5-4-6-11-13(8)14(10(3)16-11)15(19)17-12-7-9(2)20-18-12/h4-7,16H,1-3H3,(H,17,18,19). The zero-order chi connectivity index (χ0) is 14.3. The number of carbonyl (C=O) groups is 1. The van der Waals surface area contributed by atoms with Gasteiger partial charge in [-0.05, 0) is 32.4 Å². The van der Waals surface area contributed by atoms with Crippen LogP contribution in [0.15, 0.2) is 28.8 Å². The molecule has 0 radical (unpaired) electrons. The number of benzene rings is 1. The Balaban J connectivity index is 2.05. The molecule has 3 aromatic rings. The first-order valence-corrected chi connectivity index (χ1v) is 6.39. The van der Waals surface area contributed by atoms with E-state index >= 15 is 0 Å². The second-order valence-electron chi connectivity index (χ2n) is 4.90. The first kappa shape index (κ1) is 12.5. The third kappa shape index (κ3) is 1.97. The van der Waals surface area contributed by atoms with Gasteiger partial charge in [-0.15, -0.1) is 0 Å². The highest BCUT2D eigenvalue weighted by atomic mass is 16.5. The average molecular weight is 269 g/mol. The van der Waals surface area contributed by atoms with E-state index in [2.05, 4.69) is 15.5 Å². The van der Waals surface area contributed by atoms with Crippen LogP contribution in [0.2, 0.25) is 0 Å². The van der Waals surface area contributed by atoms with Crippen molar-refractivity contribution in [2.45, 2.75) is 20.8 Å². The quantitative estimate of drug-likeness (QED) is 0.749. The van der Waals surface area contributed by atoms with E-state index in [1.807, 2.05) is 32.0 Å². The van der Waals surface area contributed by atoms with Gasteiger partial charge < -0.3 is 14.8 Å². The SMILES string of the molecule is Cc1cc(NC(=O)c2c(C)[nH]c3cccc(C)c23)no1. The molecule has 0 saturated heterocycles. The van der Waals surface area contributed by atoms with Crippen LogP contribution in [0.1, 0.15) is 27.4 Å². The molecular formula is C15H15N3O2. The van der Waals surface area contributed by atoms with Gasteiger partial charge in [0.1, 0.15) is 5.76 Å². The number of carbonyl (C=O) groups excluding carboxylic acids is 1. The summed E-state index contributed by atoms with van der Waals surface area (Å²) in [7, 11) is 0. The van der Waals surface area contributed by atoms with Crippen molar-refractivity contribution in [2.75, 3.05) is 5.32 Å². The summed E-state index contributed by atoms with van der Waals surface area (Å²) in [5.74, 6) is 0.901. The van der Waals surface area contributed by atoms with Gasteiger partial charge in [-0.25, -0.2) is 0 Å². The molecule has 1 amide bonds. The molecule has 3 rings (SSSR count). The van der Waals surface area contributed by atoms with Gasteiger partial charge in [0.15, 0.2) is 5.82 Å². The molecule has 5 nitrogen and oxygen atoms in total. The summed E-state index contributed by atoms with van der Waals surface area (Å²) in [6, 6.07) is 7.62. The molecule has 2 aromatic heterocycles. The highest BCUT2D eigenvalue weighted by molar-refractivity contribution is 6.14. The van der Waals surface area contributed by atoms with Crippen LogP contribution in [0.5, 0.6) is 0 Å². The van der Waals surface area contributed by atoms with E-state index in [9.17, 15) is 4.79 Å². The Labute approximate surface area is 116 Å². The van der Waals surface area contributed by atoms with Gasteiger partial charge in [0, 0.05) is 22.7 Å². The molecule has 0 saturated carbocycles. The minimum absolute atomic E-state index is 0.184. The number of amides is 1. The van der Waals surface area contributed by atoms with Crippen LogP contribution in [0, 0.1) is 20.8 Å². The predicted molar refractivity (Wildman–Crippen MR) is 77.0 cm³/mol. The maximum Gasteiger partial charge on any atom is 0.259 e. The number of aromatic nitrogens is 2. The first-order valence-electron chi connectivity index (χ1n) is 6.39. The Morgan fingerprint density at radius 2 is 2.10 bits per heavy atom. The van der Waals surface area contributed by atoms with E-state index in [0.717, 1.165) is 22.2 Å². The molecule has 20 heavy (non-hydrogen) atoms.